The summed E-state index contributed by atoms with van der Waals surface area (Å²) in [5.74, 6) is -0.240. The molecule has 0 aromatic heterocycles. The van der Waals surface area contributed by atoms with Gasteiger partial charge in [-0.15, -0.1) is 0 Å². The third kappa shape index (κ3) is 2.57. The number of hydrogen-bond donors (Lipinski definition) is 0. The van der Waals surface area contributed by atoms with Gasteiger partial charge < -0.3 is 0 Å². The summed E-state index contributed by atoms with van der Waals surface area (Å²) in [4.78, 5) is 25.0. The van der Waals surface area contributed by atoms with Crippen LogP contribution in [-0.2, 0) is 19.4 Å². The number of sulfone groups is 1. The van der Waals surface area contributed by atoms with Crippen LogP contribution >= 0.6 is 0 Å². The van der Waals surface area contributed by atoms with E-state index in [1.54, 1.807) is 30.3 Å². The van der Waals surface area contributed by atoms with Gasteiger partial charge in [-0.25, -0.2) is 8.42 Å². The zero-order chi connectivity index (χ0) is 16.7. The van der Waals surface area contributed by atoms with Crippen molar-refractivity contribution in [2.24, 2.45) is 5.41 Å². The Balaban J connectivity index is 2.06. The molecule has 1 fully saturated rings. The van der Waals surface area contributed by atoms with Gasteiger partial charge in [-0.3, -0.25) is 9.59 Å². The first kappa shape index (κ1) is 16.1. The fourth-order valence-electron chi connectivity index (χ4n) is 3.92. The van der Waals surface area contributed by atoms with E-state index in [1.807, 2.05) is 6.92 Å². The third-order valence-electron chi connectivity index (χ3n) is 5.23. The standard InChI is InChI=1S/C18H20O4S/c1-2-18-11-10-16(19)14(15(18)8-9-17(18)20)12-23(21,22)13-6-4-3-5-7-13/h3-7H,2,8-12H2,1H3. The second-order valence-corrected chi connectivity index (χ2v) is 8.30. The van der Waals surface area contributed by atoms with Crippen molar-refractivity contribution >= 4 is 21.4 Å². The fraction of sp³-hybridized carbons (Fsp3) is 0.444. The SMILES string of the molecule is CCC12CCC(=O)C(CS(=O)(=O)c3ccccc3)=C1CCC2=O. The smallest absolute Gasteiger partial charge is 0.182 e. The molecule has 23 heavy (non-hydrogen) atoms. The Bertz CT molecular complexity index is 790. The van der Waals surface area contributed by atoms with E-state index in [1.165, 1.54) is 0 Å². The van der Waals surface area contributed by atoms with Crippen molar-refractivity contribution in [3.05, 3.63) is 41.5 Å². The van der Waals surface area contributed by atoms with Gasteiger partial charge in [0.05, 0.1) is 16.1 Å². The molecule has 0 aliphatic heterocycles. The Morgan fingerprint density at radius 1 is 1.04 bits per heavy atom. The molecule has 2 aliphatic rings. The molecule has 0 radical (unpaired) electrons. The van der Waals surface area contributed by atoms with E-state index in [9.17, 15) is 18.0 Å². The number of allylic oxidation sites excluding steroid dienone is 1. The number of hydrogen-bond acceptors (Lipinski definition) is 4. The highest BCUT2D eigenvalue weighted by atomic mass is 32.2. The quantitative estimate of drug-likeness (QED) is 0.850. The van der Waals surface area contributed by atoms with Gasteiger partial charge in [0.1, 0.15) is 5.78 Å². The molecule has 1 atom stereocenters. The Morgan fingerprint density at radius 2 is 1.74 bits per heavy atom. The Hall–Kier alpha value is -1.75. The van der Waals surface area contributed by atoms with Crippen molar-refractivity contribution in [1.82, 2.24) is 0 Å². The molecule has 1 saturated carbocycles. The number of carbonyl (C=O) groups is 2. The van der Waals surface area contributed by atoms with Crippen LogP contribution in [0, 0.1) is 5.41 Å². The van der Waals surface area contributed by atoms with E-state index >= 15 is 0 Å². The zero-order valence-corrected chi connectivity index (χ0v) is 14.0. The lowest BCUT2D eigenvalue weighted by molar-refractivity contribution is -0.126. The summed E-state index contributed by atoms with van der Waals surface area (Å²) in [6.45, 7) is 1.95. The summed E-state index contributed by atoms with van der Waals surface area (Å²) in [5.41, 5.74) is 0.573. The lowest BCUT2D eigenvalue weighted by Crippen LogP contribution is -2.34. The number of Topliss-reactive ketones (excluding diaryl/α,β-unsaturated/α-hetero) is 2. The molecule has 3 rings (SSSR count). The van der Waals surface area contributed by atoms with Crippen molar-refractivity contribution in [2.75, 3.05) is 5.75 Å². The molecule has 0 amide bonds. The Morgan fingerprint density at radius 3 is 2.39 bits per heavy atom. The second kappa shape index (κ2) is 5.71. The summed E-state index contributed by atoms with van der Waals surface area (Å²) in [7, 11) is -3.57. The van der Waals surface area contributed by atoms with E-state index in [2.05, 4.69) is 0 Å². The van der Waals surface area contributed by atoms with Crippen LogP contribution in [0.4, 0.5) is 0 Å². The molecule has 1 aromatic rings. The van der Waals surface area contributed by atoms with Crippen LogP contribution in [0.15, 0.2) is 46.4 Å². The third-order valence-corrected chi connectivity index (χ3v) is 6.89. The second-order valence-electron chi connectivity index (χ2n) is 6.31. The molecule has 2 aliphatic carbocycles. The average molecular weight is 332 g/mol. The molecule has 4 nitrogen and oxygen atoms in total. The van der Waals surface area contributed by atoms with Crippen LogP contribution in [0.3, 0.4) is 0 Å². The molecule has 0 bridgehead atoms. The molecule has 0 N–H and O–H groups in total. The number of ketones is 2. The van der Waals surface area contributed by atoms with Crippen molar-refractivity contribution in [2.45, 2.75) is 43.9 Å². The van der Waals surface area contributed by atoms with Crippen LogP contribution in [-0.4, -0.2) is 25.7 Å². The summed E-state index contributed by atoms with van der Waals surface area (Å²) in [6.07, 6.45) is 2.39. The van der Waals surface area contributed by atoms with E-state index < -0.39 is 15.3 Å². The first-order chi connectivity index (χ1) is 10.9. The maximum Gasteiger partial charge on any atom is 0.182 e. The van der Waals surface area contributed by atoms with E-state index in [0.717, 1.165) is 5.57 Å². The van der Waals surface area contributed by atoms with Crippen LogP contribution in [0.2, 0.25) is 0 Å². The highest BCUT2D eigenvalue weighted by Crippen LogP contribution is 2.51. The molecule has 0 heterocycles. The van der Waals surface area contributed by atoms with Crippen molar-refractivity contribution in [1.29, 1.82) is 0 Å². The number of benzene rings is 1. The lowest BCUT2D eigenvalue weighted by Gasteiger charge is -2.33. The van der Waals surface area contributed by atoms with Gasteiger partial charge in [-0.1, -0.05) is 25.1 Å². The van der Waals surface area contributed by atoms with Crippen molar-refractivity contribution in [3.8, 4) is 0 Å². The van der Waals surface area contributed by atoms with Gasteiger partial charge in [0.2, 0.25) is 0 Å². The molecule has 5 heteroatoms. The predicted molar refractivity (Wildman–Crippen MR) is 86.7 cm³/mol. The molecule has 1 unspecified atom stereocenters. The zero-order valence-electron chi connectivity index (χ0n) is 13.2. The van der Waals surface area contributed by atoms with Crippen molar-refractivity contribution < 1.29 is 18.0 Å². The molecule has 1 aromatic carbocycles. The maximum atomic E-state index is 12.6. The minimum atomic E-state index is -3.57. The number of rotatable bonds is 4. The van der Waals surface area contributed by atoms with Crippen LogP contribution < -0.4 is 0 Å². The molecule has 122 valence electrons. The minimum absolute atomic E-state index is 0.113. The summed E-state index contributed by atoms with van der Waals surface area (Å²) >= 11 is 0. The maximum absolute atomic E-state index is 12.6. The van der Waals surface area contributed by atoms with Gasteiger partial charge in [0.25, 0.3) is 0 Å². The van der Waals surface area contributed by atoms with Crippen molar-refractivity contribution in [3.63, 3.8) is 0 Å². The molecular weight excluding hydrogens is 312 g/mol. The van der Waals surface area contributed by atoms with E-state index in [4.69, 9.17) is 0 Å². The molecule has 0 saturated heterocycles. The lowest BCUT2D eigenvalue weighted by atomic mass is 9.69. The summed E-state index contributed by atoms with van der Waals surface area (Å²) in [5, 5.41) is 0. The topological polar surface area (TPSA) is 68.3 Å². The highest BCUT2D eigenvalue weighted by molar-refractivity contribution is 7.91. The molecule has 0 spiro atoms. The minimum Gasteiger partial charge on any atom is -0.299 e. The highest BCUT2D eigenvalue weighted by Gasteiger charge is 2.49. The van der Waals surface area contributed by atoms with Gasteiger partial charge in [0, 0.05) is 18.4 Å². The van der Waals surface area contributed by atoms with Crippen LogP contribution in [0.5, 0.6) is 0 Å². The fourth-order valence-corrected chi connectivity index (χ4v) is 5.37. The largest absolute Gasteiger partial charge is 0.299 e. The monoisotopic (exact) mass is 332 g/mol. The average Bonchev–Trinajstić information content (AvgIpc) is 2.89. The normalized spacial score (nSPS) is 24.9. The van der Waals surface area contributed by atoms with Gasteiger partial charge >= 0.3 is 0 Å². The van der Waals surface area contributed by atoms with Gasteiger partial charge in [-0.05, 0) is 37.0 Å². The van der Waals surface area contributed by atoms with Crippen LogP contribution in [0.1, 0.15) is 39.0 Å². The van der Waals surface area contributed by atoms with Crippen LogP contribution in [0.25, 0.3) is 0 Å². The van der Waals surface area contributed by atoms with Gasteiger partial charge in [-0.2, -0.15) is 0 Å². The summed E-state index contributed by atoms with van der Waals surface area (Å²) in [6, 6.07) is 8.18. The van der Waals surface area contributed by atoms with E-state index in [-0.39, 0.29) is 28.6 Å². The Labute approximate surface area is 136 Å². The first-order valence-electron chi connectivity index (χ1n) is 7.97. The van der Waals surface area contributed by atoms with E-state index in [0.29, 0.717) is 31.3 Å². The van der Waals surface area contributed by atoms with Gasteiger partial charge in [0.15, 0.2) is 15.6 Å². The first-order valence-corrected chi connectivity index (χ1v) is 9.63. The Kier molecular flexibility index (Phi) is 4.00. The molecular formula is C18H20O4S. The predicted octanol–water partition coefficient (Wildman–Crippen LogP) is 2.88. The number of fused-ring (bicyclic) bond motifs is 1. The number of carbonyl (C=O) groups excluding carboxylic acids is 2. The summed E-state index contributed by atoms with van der Waals surface area (Å²) < 4.78 is 25.3.